The summed E-state index contributed by atoms with van der Waals surface area (Å²) in [6, 6.07) is 0. The molecule has 3 rings (SSSR count). The van der Waals surface area contributed by atoms with Gasteiger partial charge in [-0.25, -0.2) is 0 Å². The van der Waals surface area contributed by atoms with Crippen LogP contribution < -0.4 is 0 Å². The second-order valence-corrected chi connectivity index (χ2v) is 6.52. The van der Waals surface area contributed by atoms with E-state index in [4.69, 9.17) is 0 Å². The fourth-order valence-electron chi connectivity index (χ4n) is 4.48. The van der Waals surface area contributed by atoms with Crippen molar-refractivity contribution in [2.24, 2.45) is 17.8 Å². The Kier molecular flexibility index (Phi) is 2.99. The Morgan fingerprint density at radius 1 is 0.750 bits per heavy atom. The van der Waals surface area contributed by atoms with Crippen LogP contribution in [0.3, 0.4) is 0 Å². The molecule has 2 atom stereocenters. The van der Waals surface area contributed by atoms with Gasteiger partial charge in [0.1, 0.15) is 0 Å². The van der Waals surface area contributed by atoms with Crippen molar-refractivity contribution in [1.82, 2.24) is 0 Å². The molecule has 3 saturated carbocycles. The molecule has 1 nitrogen and oxygen atoms in total. The highest BCUT2D eigenvalue weighted by molar-refractivity contribution is 5.02. The van der Waals surface area contributed by atoms with E-state index >= 15 is 0 Å². The highest BCUT2D eigenvalue weighted by Crippen LogP contribution is 2.53. The lowest BCUT2D eigenvalue weighted by Crippen LogP contribution is -2.46. The highest BCUT2D eigenvalue weighted by Gasteiger charge is 2.51. The van der Waals surface area contributed by atoms with Crippen LogP contribution in [0.2, 0.25) is 0 Å². The van der Waals surface area contributed by atoms with Crippen LogP contribution in [0.15, 0.2) is 0 Å². The van der Waals surface area contributed by atoms with Crippen molar-refractivity contribution in [2.45, 2.75) is 76.2 Å². The van der Waals surface area contributed by atoms with Crippen molar-refractivity contribution in [1.29, 1.82) is 0 Å². The summed E-state index contributed by atoms with van der Waals surface area (Å²) in [5.41, 5.74) is -0.236. The molecule has 0 aromatic rings. The zero-order chi connectivity index (χ0) is 11.0. The summed E-state index contributed by atoms with van der Waals surface area (Å²) in [4.78, 5) is 0. The molecule has 3 aliphatic carbocycles. The number of hydrogen-bond acceptors (Lipinski definition) is 1. The zero-order valence-corrected chi connectivity index (χ0v) is 10.5. The van der Waals surface area contributed by atoms with E-state index in [0.717, 1.165) is 12.3 Å². The lowest BCUT2D eigenvalue weighted by Gasteiger charge is -2.45. The molecule has 3 aliphatic rings. The number of rotatable bonds is 2. The van der Waals surface area contributed by atoms with Gasteiger partial charge >= 0.3 is 0 Å². The van der Waals surface area contributed by atoms with E-state index in [-0.39, 0.29) is 5.60 Å². The van der Waals surface area contributed by atoms with E-state index in [9.17, 15) is 5.11 Å². The van der Waals surface area contributed by atoms with E-state index < -0.39 is 0 Å². The second-order valence-electron chi connectivity index (χ2n) is 6.52. The molecule has 0 spiro atoms. The van der Waals surface area contributed by atoms with Gasteiger partial charge in [0.2, 0.25) is 0 Å². The summed E-state index contributed by atoms with van der Waals surface area (Å²) in [6.45, 7) is 0. The predicted octanol–water partition coefficient (Wildman–Crippen LogP) is 3.90. The molecular weight excluding hydrogens is 196 g/mol. The van der Waals surface area contributed by atoms with Gasteiger partial charge in [-0.3, -0.25) is 0 Å². The minimum Gasteiger partial charge on any atom is -0.389 e. The third-order valence-electron chi connectivity index (χ3n) is 5.49. The summed E-state index contributed by atoms with van der Waals surface area (Å²) in [6.07, 6.45) is 14.8. The topological polar surface area (TPSA) is 20.2 Å². The fraction of sp³-hybridized carbons (Fsp3) is 1.00. The normalized spacial score (nSPS) is 42.2. The molecule has 16 heavy (non-hydrogen) atoms. The average Bonchev–Trinajstić information content (AvgIpc) is 3.15. The standard InChI is InChI=1S/C15H26O/c16-15(13-9-10-13)11-5-4-8-14(15)12-6-2-1-3-7-12/h12-14,16H,1-11H2. The minimum absolute atomic E-state index is 0.236. The van der Waals surface area contributed by atoms with Crippen LogP contribution in [0.1, 0.15) is 70.6 Å². The number of hydrogen-bond donors (Lipinski definition) is 1. The minimum atomic E-state index is -0.236. The Labute approximate surface area is 99.6 Å². The molecule has 3 fully saturated rings. The van der Waals surface area contributed by atoms with Crippen LogP contribution in [-0.4, -0.2) is 10.7 Å². The van der Waals surface area contributed by atoms with Crippen molar-refractivity contribution in [3.8, 4) is 0 Å². The van der Waals surface area contributed by atoms with Gasteiger partial charge in [0.05, 0.1) is 5.60 Å². The van der Waals surface area contributed by atoms with Gasteiger partial charge in [-0.2, -0.15) is 0 Å². The quantitative estimate of drug-likeness (QED) is 0.751. The molecule has 2 unspecified atom stereocenters. The van der Waals surface area contributed by atoms with E-state index in [1.54, 1.807) is 0 Å². The molecule has 0 aromatic heterocycles. The zero-order valence-electron chi connectivity index (χ0n) is 10.5. The maximum absolute atomic E-state index is 11.0. The summed E-state index contributed by atoms with van der Waals surface area (Å²) < 4.78 is 0. The van der Waals surface area contributed by atoms with Gasteiger partial charge in [0.15, 0.2) is 0 Å². The molecule has 0 saturated heterocycles. The molecule has 0 aliphatic heterocycles. The Balaban J connectivity index is 1.73. The maximum atomic E-state index is 11.0. The third-order valence-corrected chi connectivity index (χ3v) is 5.49. The molecular formula is C15H26O. The van der Waals surface area contributed by atoms with E-state index in [1.807, 2.05) is 0 Å². The van der Waals surface area contributed by atoms with Gasteiger partial charge in [-0.05, 0) is 43.4 Å². The van der Waals surface area contributed by atoms with Crippen molar-refractivity contribution >= 4 is 0 Å². The molecule has 0 heterocycles. The first-order chi connectivity index (χ1) is 7.81. The van der Waals surface area contributed by atoms with Crippen LogP contribution in [0.5, 0.6) is 0 Å². The first kappa shape index (κ1) is 11.1. The smallest absolute Gasteiger partial charge is 0.0706 e. The Bertz CT molecular complexity index is 240. The Hall–Kier alpha value is -0.0400. The molecule has 92 valence electrons. The Morgan fingerprint density at radius 3 is 2.12 bits per heavy atom. The number of aliphatic hydroxyl groups is 1. The van der Waals surface area contributed by atoms with Crippen LogP contribution >= 0.6 is 0 Å². The molecule has 0 radical (unpaired) electrons. The van der Waals surface area contributed by atoms with Crippen LogP contribution in [0, 0.1) is 17.8 Å². The van der Waals surface area contributed by atoms with Gasteiger partial charge in [-0.15, -0.1) is 0 Å². The van der Waals surface area contributed by atoms with Gasteiger partial charge in [0.25, 0.3) is 0 Å². The van der Waals surface area contributed by atoms with Crippen LogP contribution in [0.25, 0.3) is 0 Å². The summed E-state index contributed by atoms with van der Waals surface area (Å²) >= 11 is 0. The van der Waals surface area contributed by atoms with Gasteiger partial charge in [0, 0.05) is 0 Å². The lowest BCUT2D eigenvalue weighted by atomic mass is 9.64. The summed E-state index contributed by atoms with van der Waals surface area (Å²) in [5, 5.41) is 11.0. The van der Waals surface area contributed by atoms with Crippen molar-refractivity contribution < 1.29 is 5.11 Å². The molecule has 1 N–H and O–H groups in total. The molecule has 1 heteroatoms. The van der Waals surface area contributed by atoms with E-state index in [0.29, 0.717) is 11.8 Å². The van der Waals surface area contributed by atoms with Crippen molar-refractivity contribution in [3.63, 3.8) is 0 Å². The van der Waals surface area contributed by atoms with Crippen molar-refractivity contribution in [2.75, 3.05) is 0 Å². The van der Waals surface area contributed by atoms with Crippen LogP contribution in [0.4, 0.5) is 0 Å². The second kappa shape index (κ2) is 4.33. The maximum Gasteiger partial charge on any atom is 0.0706 e. The summed E-state index contributed by atoms with van der Waals surface area (Å²) in [7, 11) is 0. The SMILES string of the molecule is OC1(C2CC2)CCCCC1C1CCCCC1. The highest BCUT2D eigenvalue weighted by atomic mass is 16.3. The molecule has 0 amide bonds. The third kappa shape index (κ3) is 1.92. The van der Waals surface area contributed by atoms with Crippen LogP contribution in [-0.2, 0) is 0 Å². The van der Waals surface area contributed by atoms with Crippen molar-refractivity contribution in [3.05, 3.63) is 0 Å². The average molecular weight is 222 g/mol. The molecule has 0 bridgehead atoms. The molecule has 0 aromatic carbocycles. The monoisotopic (exact) mass is 222 g/mol. The Morgan fingerprint density at radius 2 is 1.44 bits per heavy atom. The van der Waals surface area contributed by atoms with E-state index in [1.165, 1.54) is 64.2 Å². The largest absolute Gasteiger partial charge is 0.389 e. The predicted molar refractivity (Wildman–Crippen MR) is 66.2 cm³/mol. The summed E-state index contributed by atoms with van der Waals surface area (Å²) in [5.74, 6) is 2.20. The van der Waals surface area contributed by atoms with Gasteiger partial charge in [-0.1, -0.05) is 44.9 Å². The van der Waals surface area contributed by atoms with Gasteiger partial charge < -0.3 is 5.11 Å². The van der Waals surface area contributed by atoms with E-state index in [2.05, 4.69) is 0 Å². The first-order valence-corrected chi connectivity index (χ1v) is 7.53. The first-order valence-electron chi connectivity index (χ1n) is 7.53. The fourth-order valence-corrected chi connectivity index (χ4v) is 4.48. The lowest BCUT2D eigenvalue weighted by molar-refractivity contribution is -0.0936.